The fraction of sp³-hybridized carbons (Fsp3) is 0.240. The lowest BCUT2D eigenvalue weighted by atomic mass is 9.87. The van der Waals surface area contributed by atoms with Gasteiger partial charge in [-0.1, -0.05) is 36.5 Å². The van der Waals surface area contributed by atoms with Gasteiger partial charge in [0.05, 0.1) is 7.11 Å². The zero-order valence-electron chi connectivity index (χ0n) is 18.8. The number of thiocarbonyl (C=S) groups is 1. The molecule has 0 aliphatic carbocycles. The van der Waals surface area contributed by atoms with Gasteiger partial charge in [-0.05, 0) is 49.2 Å². The van der Waals surface area contributed by atoms with Crippen molar-refractivity contribution in [2.24, 2.45) is 0 Å². The largest absolute Gasteiger partial charge is 0.503 e. The van der Waals surface area contributed by atoms with Gasteiger partial charge in [0.15, 0.2) is 11.5 Å². The number of hydrogen-bond donors (Lipinski definition) is 2. The number of carbonyl (C=O) groups is 1. The Kier molecular flexibility index (Phi) is 8.12. The normalized spacial score (nSPS) is 12.6. The van der Waals surface area contributed by atoms with Crippen LogP contribution in [0.25, 0.3) is 0 Å². The van der Waals surface area contributed by atoms with Crippen molar-refractivity contribution in [1.82, 2.24) is 10.3 Å². The summed E-state index contributed by atoms with van der Waals surface area (Å²) < 4.78 is 37.7. The molecule has 0 saturated heterocycles. The minimum Gasteiger partial charge on any atom is -0.503 e. The number of benzene rings is 2. The van der Waals surface area contributed by atoms with Crippen molar-refractivity contribution in [3.63, 3.8) is 0 Å². The summed E-state index contributed by atoms with van der Waals surface area (Å²) in [6.07, 6.45) is 0.743. The number of hydrogen-bond acceptors (Lipinski definition) is 6. The highest BCUT2D eigenvalue weighted by atomic mass is 32.1. The molecule has 2 aromatic carbocycles. The van der Waals surface area contributed by atoms with E-state index in [2.05, 4.69) is 10.3 Å². The Hall–Kier alpha value is -3.59. The number of ether oxygens (including phenoxy) is 2. The van der Waals surface area contributed by atoms with E-state index in [1.54, 1.807) is 38.1 Å². The molecule has 2 N–H and O–H groups in total. The lowest BCUT2D eigenvalue weighted by molar-refractivity contribution is -0.150. The van der Waals surface area contributed by atoms with Crippen LogP contribution in [0.2, 0.25) is 0 Å². The molecular formula is C25H24F2N2O4S. The summed E-state index contributed by atoms with van der Waals surface area (Å²) in [5.41, 5.74) is 1.47. The van der Waals surface area contributed by atoms with Crippen LogP contribution in [-0.4, -0.2) is 40.3 Å². The molecule has 0 radical (unpaired) electrons. The summed E-state index contributed by atoms with van der Waals surface area (Å²) in [5.74, 6) is -1.91. The Morgan fingerprint density at radius 3 is 2.03 bits per heavy atom. The summed E-state index contributed by atoms with van der Waals surface area (Å²) >= 11 is 5.29. The van der Waals surface area contributed by atoms with E-state index in [-0.39, 0.29) is 22.2 Å². The number of methoxy groups -OCH3 is 1. The average Bonchev–Trinajstić information content (AvgIpc) is 2.81. The first-order valence-corrected chi connectivity index (χ1v) is 10.9. The van der Waals surface area contributed by atoms with Crippen molar-refractivity contribution >= 4 is 23.2 Å². The second-order valence-electron chi connectivity index (χ2n) is 7.63. The minimum atomic E-state index is -0.871. The first-order chi connectivity index (χ1) is 16.2. The maximum absolute atomic E-state index is 13.5. The molecule has 0 aliphatic heterocycles. The van der Waals surface area contributed by atoms with Crippen LogP contribution in [0.3, 0.4) is 0 Å². The van der Waals surface area contributed by atoms with E-state index in [0.29, 0.717) is 11.1 Å². The predicted octanol–water partition coefficient (Wildman–Crippen LogP) is 4.49. The van der Waals surface area contributed by atoms with Gasteiger partial charge in [0.2, 0.25) is 0 Å². The molecule has 2 atom stereocenters. The molecule has 1 aromatic heterocycles. The van der Waals surface area contributed by atoms with Gasteiger partial charge in [-0.15, -0.1) is 0 Å². The molecule has 9 heteroatoms. The zero-order valence-corrected chi connectivity index (χ0v) is 19.6. The van der Waals surface area contributed by atoms with Gasteiger partial charge in [0, 0.05) is 18.2 Å². The zero-order chi connectivity index (χ0) is 24.8. The van der Waals surface area contributed by atoms with Crippen LogP contribution in [0.5, 0.6) is 11.5 Å². The molecule has 34 heavy (non-hydrogen) atoms. The smallest absolute Gasteiger partial charge is 0.328 e. The third-order valence-electron chi connectivity index (χ3n) is 5.25. The van der Waals surface area contributed by atoms with E-state index in [1.807, 2.05) is 0 Å². The maximum atomic E-state index is 13.5. The summed E-state index contributed by atoms with van der Waals surface area (Å²) in [6, 6.07) is 12.3. The van der Waals surface area contributed by atoms with Gasteiger partial charge in [-0.2, -0.15) is 0 Å². The Labute approximate surface area is 201 Å². The molecule has 6 nitrogen and oxygen atoms in total. The highest BCUT2D eigenvalue weighted by Crippen LogP contribution is 2.31. The Morgan fingerprint density at radius 1 is 1.00 bits per heavy atom. The number of aromatic nitrogens is 1. The molecule has 1 heterocycles. The molecule has 3 aromatic rings. The van der Waals surface area contributed by atoms with Gasteiger partial charge in [-0.25, -0.2) is 18.6 Å². The Morgan fingerprint density at radius 2 is 1.53 bits per heavy atom. The fourth-order valence-corrected chi connectivity index (χ4v) is 3.85. The maximum Gasteiger partial charge on any atom is 0.328 e. The first kappa shape index (κ1) is 25.0. The molecule has 178 valence electrons. The highest BCUT2D eigenvalue weighted by molar-refractivity contribution is 7.80. The second-order valence-corrected chi connectivity index (χ2v) is 8.04. The van der Waals surface area contributed by atoms with Gasteiger partial charge in [-0.3, -0.25) is 0 Å². The summed E-state index contributed by atoms with van der Waals surface area (Å²) in [4.78, 5) is 16.9. The standard InChI is InChI=1S/C25H24F2N2O4S/c1-14(29-24(34)22-23(30)20(32-3)12-13-28-22)25(31)33-15(2)21(16-4-8-18(26)9-5-16)17-6-10-19(27)11-7-17/h4-15,21,30H,1-3H3,(H,29,34)/t14-,15-/m0/s1. The second kappa shape index (κ2) is 11.0. The number of aromatic hydroxyl groups is 1. The Bertz CT molecular complexity index is 1110. The lowest BCUT2D eigenvalue weighted by Gasteiger charge is -2.27. The van der Waals surface area contributed by atoms with Crippen LogP contribution in [0.1, 0.15) is 36.6 Å². The fourth-order valence-electron chi connectivity index (χ4n) is 3.52. The highest BCUT2D eigenvalue weighted by Gasteiger charge is 2.28. The number of nitrogens with one attached hydrogen (secondary N) is 1. The van der Waals surface area contributed by atoms with E-state index in [4.69, 9.17) is 21.7 Å². The number of rotatable bonds is 8. The minimum absolute atomic E-state index is 0.0436. The van der Waals surface area contributed by atoms with E-state index >= 15 is 0 Å². The monoisotopic (exact) mass is 486 g/mol. The number of halogens is 2. The van der Waals surface area contributed by atoms with Gasteiger partial charge < -0.3 is 19.9 Å². The van der Waals surface area contributed by atoms with Crippen molar-refractivity contribution in [3.8, 4) is 11.5 Å². The van der Waals surface area contributed by atoms with Crippen LogP contribution < -0.4 is 10.1 Å². The quantitative estimate of drug-likeness (QED) is 0.359. The molecule has 0 aliphatic rings. The molecule has 0 saturated carbocycles. The van der Waals surface area contributed by atoms with Gasteiger partial charge in [0.1, 0.15) is 34.5 Å². The van der Waals surface area contributed by atoms with Crippen molar-refractivity contribution in [3.05, 3.63) is 89.2 Å². The van der Waals surface area contributed by atoms with Crippen LogP contribution >= 0.6 is 12.2 Å². The number of esters is 1. The summed E-state index contributed by atoms with van der Waals surface area (Å²) in [6.45, 7) is 3.26. The summed E-state index contributed by atoms with van der Waals surface area (Å²) in [7, 11) is 1.40. The molecule has 0 unspecified atom stereocenters. The van der Waals surface area contributed by atoms with Crippen LogP contribution in [0.4, 0.5) is 8.78 Å². The average molecular weight is 487 g/mol. The predicted molar refractivity (Wildman–Crippen MR) is 127 cm³/mol. The van der Waals surface area contributed by atoms with Crippen molar-refractivity contribution in [1.29, 1.82) is 0 Å². The van der Waals surface area contributed by atoms with Crippen LogP contribution in [-0.2, 0) is 9.53 Å². The van der Waals surface area contributed by atoms with Crippen LogP contribution in [0, 0.1) is 11.6 Å². The molecule has 0 fully saturated rings. The van der Waals surface area contributed by atoms with Crippen LogP contribution in [0.15, 0.2) is 60.8 Å². The molecule has 3 rings (SSSR count). The van der Waals surface area contributed by atoms with Gasteiger partial charge >= 0.3 is 5.97 Å². The number of nitrogens with zero attached hydrogens (tertiary/aromatic N) is 1. The third-order valence-corrected chi connectivity index (χ3v) is 5.56. The van der Waals surface area contributed by atoms with E-state index in [0.717, 1.165) is 0 Å². The first-order valence-electron chi connectivity index (χ1n) is 10.5. The molecule has 0 spiro atoms. The van der Waals surface area contributed by atoms with E-state index in [1.165, 1.54) is 43.6 Å². The molecule has 0 amide bonds. The molecular weight excluding hydrogens is 462 g/mol. The van der Waals surface area contributed by atoms with Crippen molar-refractivity contribution in [2.75, 3.05) is 7.11 Å². The SMILES string of the molecule is COc1ccnc(C(=S)N[C@@H](C)C(=O)O[C@@H](C)C(c2ccc(F)cc2)c2ccc(F)cc2)c1O. The Balaban J connectivity index is 1.76. The topological polar surface area (TPSA) is 80.7 Å². The number of carbonyl (C=O) groups excluding carboxylic acids is 1. The van der Waals surface area contributed by atoms with Crippen molar-refractivity contribution in [2.45, 2.75) is 31.9 Å². The number of pyridine rings is 1. The molecule has 0 bridgehead atoms. The summed E-state index contributed by atoms with van der Waals surface area (Å²) in [5, 5.41) is 13.0. The third kappa shape index (κ3) is 5.85. The van der Waals surface area contributed by atoms with Crippen molar-refractivity contribution < 1.29 is 28.2 Å². The van der Waals surface area contributed by atoms with Gasteiger partial charge in [0.25, 0.3) is 0 Å². The van der Waals surface area contributed by atoms with E-state index < -0.39 is 35.7 Å². The van der Waals surface area contributed by atoms with E-state index in [9.17, 15) is 18.7 Å². The lowest BCUT2D eigenvalue weighted by Crippen LogP contribution is -2.41.